The Morgan fingerprint density at radius 2 is 1.86 bits per heavy atom. The third-order valence-corrected chi connectivity index (χ3v) is 4.55. The molecular weight excluding hydrogens is 302 g/mol. The average Bonchev–Trinajstić information content (AvgIpc) is 2.89. The van der Waals surface area contributed by atoms with Crippen molar-refractivity contribution in [1.29, 1.82) is 0 Å². The van der Waals surface area contributed by atoms with Crippen LogP contribution in [0, 0.1) is 11.6 Å². The fourth-order valence-electron chi connectivity index (χ4n) is 2.25. The highest BCUT2D eigenvalue weighted by Gasteiger charge is 2.10. The third kappa shape index (κ3) is 3.09. The van der Waals surface area contributed by atoms with Crippen LogP contribution >= 0.6 is 11.3 Å². The minimum absolute atomic E-state index is 0.370. The number of thiazole rings is 1. The summed E-state index contributed by atoms with van der Waals surface area (Å²) in [5.41, 5.74) is 2.63. The number of anilines is 1. The second-order valence-corrected chi connectivity index (χ2v) is 6.56. The molecule has 1 N–H and O–H groups in total. The summed E-state index contributed by atoms with van der Waals surface area (Å²) in [7, 11) is 0. The van der Waals surface area contributed by atoms with E-state index in [2.05, 4.69) is 36.3 Å². The summed E-state index contributed by atoms with van der Waals surface area (Å²) in [5, 5.41) is 3.98. The van der Waals surface area contributed by atoms with Crippen LogP contribution in [0.25, 0.3) is 10.2 Å². The van der Waals surface area contributed by atoms with Crippen LogP contribution in [0.1, 0.15) is 30.3 Å². The van der Waals surface area contributed by atoms with Gasteiger partial charge in [-0.3, -0.25) is 0 Å². The lowest BCUT2D eigenvalue weighted by Crippen LogP contribution is -1.99. The maximum atomic E-state index is 13.7. The lowest BCUT2D eigenvalue weighted by molar-refractivity contribution is 0.593. The van der Waals surface area contributed by atoms with Gasteiger partial charge in [-0.25, -0.2) is 13.8 Å². The van der Waals surface area contributed by atoms with E-state index in [0.29, 0.717) is 22.7 Å². The van der Waals surface area contributed by atoms with Crippen LogP contribution in [0.5, 0.6) is 0 Å². The highest BCUT2D eigenvalue weighted by molar-refractivity contribution is 7.18. The van der Waals surface area contributed by atoms with Crippen molar-refractivity contribution in [2.45, 2.75) is 26.3 Å². The molecule has 0 fully saturated rings. The molecule has 0 amide bonds. The van der Waals surface area contributed by atoms with Gasteiger partial charge in [-0.2, -0.15) is 0 Å². The summed E-state index contributed by atoms with van der Waals surface area (Å²) >= 11 is 1.24. The predicted octanol–water partition coefficient (Wildman–Crippen LogP) is 5.31. The van der Waals surface area contributed by atoms with Gasteiger partial charge >= 0.3 is 0 Å². The van der Waals surface area contributed by atoms with Crippen molar-refractivity contribution in [3.05, 3.63) is 58.6 Å². The van der Waals surface area contributed by atoms with Gasteiger partial charge in [-0.05, 0) is 23.6 Å². The molecule has 22 heavy (non-hydrogen) atoms. The van der Waals surface area contributed by atoms with E-state index in [1.807, 2.05) is 12.1 Å². The quantitative estimate of drug-likeness (QED) is 0.705. The Bertz CT molecular complexity index is 794. The zero-order valence-corrected chi connectivity index (χ0v) is 13.2. The van der Waals surface area contributed by atoms with Crippen molar-refractivity contribution in [3.8, 4) is 0 Å². The van der Waals surface area contributed by atoms with E-state index in [4.69, 9.17) is 0 Å². The minimum atomic E-state index is -0.598. The monoisotopic (exact) mass is 318 g/mol. The van der Waals surface area contributed by atoms with E-state index in [-0.39, 0.29) is 0 Å². The normalized spacial score (nSPS) is 11.3. The number of nitrogens with zero attached hydrogens (tertiary/aromatic N) is 1. The van der Waals surface area contributed by atoms with Gasteiger partial charge in [-0.15, -0.1) is 11.3 Å². The molecule has 1 heterocycles. The molecule has 0 aliphatic carbocycles. The maximum Gasteiger partial charge on any atom is 0.145 e. The van der Waals surface area contributed by atoms with E-state index in [9.17, 15) is 8.78 Å². The molecule has 1 aromatic heterocycles. The van der Waals surface area contributed by atoms with E-state index in [1.54, 1.807) is 0 Å². The fraction of sp³-hybridized carbons (Fsp3) is 0.235. The second-order valence-electron chi connectivity index (χ2n) is 5.47. The van der Waals surface area contributed by atoms with Gasteiger partial charge in [0.25, 0.3) is 0 Å². The smallest absolute Gasteiger partial charge is 0.145 e. The minimum Gasteiger partial charge on any atom is -0.379 e. The van der Waals surface area contributed by atoms with E-state index >= 15 is 0 Å². The molecule has 0 aliphatic heterocycles. The fourth-order valence-corrected chi connectivity index (χ4v) is 3.13. The van der Waals surface area contributed by atoms with E-state index in [1.165, 1.54) is 23.0 Å². The number of nitrogens with one attached hydrogen (secondary N) is 1. The average molecular weight is 318 g/mol. The maximum absolute atomic E-state index is 13.7. The summed E-state index contributed by atoms with van der Waals surface area (Å²) in [6, 6.07) is 10.4. The zero-order valence-electron chi connectivity index (χ0n) is 12.4. The Balaban J connectivity index is 1.75. The van der Waals surface area contributed by atoms with E-state index < -0.39 is 11.6 Å². The highest BCUT2D eigenvalue weighted by Crippen LogP contribution is 2.26. The molecule has 114 valence electrons. The third-order valence-electron chi connectivity index (χ3n) is 3.47. The largest absolute Gasteiger partial charge is 0.379 e. The molecule has 0 aliphatic rings. The first-order chi connectivity index (χ1) is 10.5. The summed E-state index contributed by atoms with van der Waals surface area (Å²) in [6.07, 6.45) is 0. The predicted molar refractivity (Wildman–Crippen MR) is 87.4 cm³/mol. The number of fused-ring (bicyclic) bond motifs is 1. The number of benzene rings is 2. The summed E-state index contributed by atoms with van der Waals surface area (Å²) in [4.78, 5) is 4.27. The van der Waals surface area contributed by atoms with Crippen molar-refractivity contribution in [3.63, 3.8) is 0 Å². The Kier molecular flexibility index (Phi) is 4.07. The number of aromatic nitrogens is 1. The van der Waals surface area contributed by atoms with Crippen LogP contribution in [0.3, 0.4) is 0 Å². The highest BCUT2D eigenvalue weighted by atomic mass is 32.1. The molecule has 0 spiro atoms. The van der Waals surface area contributed by atoms with Crippen molar-refractivity contribution in [1.82, 2.24) is 4.98 Å². The van der Waals surface area contributed by atoms with Crippen LogP contribution in [0.15, 0.2) is 36.4 Å². The van der Waals surface area contributed by atoms with Gasteiger partial charge in [0, 0.05) is 17.8 Å². The first-order valence-electron chi connectivity index (χ1n) is 7.11. The lowest BCUT2D eigenvalue weighted by Gasteiger charge is -2.08. The molecule has 2 aromatic carbocycles. The molecule has 2 nitrogen and oxygen atoms in total. The van der Waals surface area contributed by atoms with Crippen LogP contribution in [-0.4, -0.2) is 4.98 Å². The summed E-state index contributed by atoms with van der Waals surface area (Å²) in [6.45, 7) is 4.79. The van der Waals surface area contributed by atoms with Gasteiger partial charge in [-0.1, -0.05) is 26.0 Å². The number of rotatable bonds is 4. The molecule has 0 saturated carbocycles. The Hall–Kier alpha value is -2.01. The van der Waals surface area contributed by atoms with Gasteiger partial charge in [0.15, 0.2) is 0 Å². The van der Waals surface area contributed by atoms with Crippen molar-refractivity contribution in [2.75, 3.05) is 5.32 Å². The summed E-state index contributed by atoms with van der Waals surface area (Å²) < 4.78 is 27.2. The SMILES string of the molecule is CC(C)c1ccc(NCc2nc3cc(F)cc(F)c3s2)cc1. The van der Waals surface area contributed by atoms with Gasteiger partial charge in [0.05, 0.1) is 16.8 Å². The molecule has 0 saturated heterocycles. The molecule has 0 atom stereocenters. The van der Waals surface area contributed by atoms with Crippen LogP contribution in [-0.2, 0) is 6.54 Å². The molecule has 3 aromatic rings. The molecule has 5 heteroatoms. The first kappa shape index (κ1) is 14.9. The number of halogens is 2. The lowest BCUT2D eigenvalue weighted by atomic mass is 10.0. The Morgan fingerprint density at radius 3 is 2.55 bits per heavy atom. The van der Waals surface area contributed by atoms with Gasteiger partial charge in [0.2, 0.25) is 0 Å². The standard InChI is InChI=1S/C17H16F2N2S/c1-10(2)11-3-5-13(6-4-11)20-9-16-21-15-8-12(18)7-14(19)17(15)22-16/h3-8,10,20H,9H2,1-2H3. The van der Waals surface area contributed by atoms with Crippen LogP contribution in [0.4, 0.5) is 14.5 Å². The first-order valence-corrected chi connectivity index (χ1v) is 7.93. The molecule has 3 rings (SSSR count). The Morgan fingerprint density at radius 1 is 1.14 bits per heavy atom. The topological polar surface area (TPSA) is 24.9 Å². The molecule has 0 bridgehead atoms. The van der Waals surface area contributed by atoms with Crippen LogP contribution < -0.4 is 5.32 Å². The van der Waals surface area contributed by atoms with Crippen molar-refractivity contribution >= 4 is 27.2 Å². The number of hydrogen-bond acceptors (Lipinski definition) is 3. The summed E-state index contributed by atoms with van der Waals surface area (Å²) in [5.74, 6) is -0.657. The molecule has 0 radical (unpaired) electrons. The van der Waals surface area contributed by atoms with Gasteiger partial charge in [0.1, 0.15) is 16.6 Å². The van der Waals surface area contributed by atoms with Crippen molar-refractivity contribution in [2.24, 2.45) is 0 Å². The Labute approximate surface area is 131 Å². The van der Waals surface area contributed by atoms with E-state index in [0.717, 1.165) is 16.8 Å². The number of hydrogen-bond donors (Lipinski definition) is 1. The second kappa shape index (κ2) is 6.01. The molecule has 0 unspecified atom stereocenters. The zero-order chi connectivity index (χ0) is 15.7. The van der Waals surface area contributed by atoms with Crippen molar-refractivity contribution < 1.29 is 8.78 Å². The van der Waals surface area contributed by atoms with Crippen LogP contribution in [0.2, 0.25) is 0 Å². The molecular formula is C17H16F2N2S. The van der Waals surface area contributed by atoms with Gasteiger partial charge < -0.3 is 5.32 Å².